The van der Waals surface area contributed by atoms with Crippen LogP contribution < -0.4 is 5.32 Å². The van der Waals surface area contributed by atoms with Crippen LogP contribution in [0.25, 0.3) is 5.69 Å². The number of aliphatic imine (C=N–C) groups is 1. The summed E-state index contributed by atoms with van der Waals surface area (Å²) in [7, 11) is 0. The number of nitrogens with zero attached hydrogens (tertiary/aromatic N) is 3. The number of hydrogen-bond donors (Lipinski definition) is 1. The molecule has 0 radical (unpaired) electrons. The zero-order valence-corrected chi connectivity index (χ0v) is 17.0. The van der Waals surface area contributed by atoms with Gasteiger partial charge in [0.2, 0.25) is 0 Å². The first-order valence-corrected chi connectivity index (χ1v) is 9.79. The van der Waals surface area contributed by atoms with Crippen LogP contribution in [0.5, 0.6) is 0 Å². The lowest BCUT2D eigenvalue weighted by molar-refractivity contribution is 0.0950. The molecule has 5 nitrogen and oxygen atoms in total. The predicted octanol–water partition coefficient (Wildman–Crippen LogP) is 4.44. The van der Waals surface area contributed by atoms with Crippen LogP contribution in [0.4, 0.5) is 4.39 Å². The van der Waals surface area contributed by atoms with Crippen molar-refractivity contribution >= 4 is 27.5 Å². The van der Waals surface area contributed by atoms with Crippen LogP contribution in [0.3, 0.4) is 0 Å². The maximum atomic E-state index is 14.6. The maximum Gasteiger partial charge on any atom is 0.271 e. The van der Waals surface area contributed by atoms with Gasteiger partial charge in [0.25, 0.3) is 5.91 Å². The highest BCUT2D eigenvalue weighted by molar-refractivity contribution is 9.10. The van der Waals surface area contributed by atoms with Crippen LogP contribution in [-0.2, 0) is 0 Å². The molecule has 0 fully saturated rings. The van der Waals surface area contributed by atoms with Gasteiger partial charge in [-0.2, -0.15) is 0 Å². The molecule has 1 aromatic heterocycles. The topological polar surface area (TPSA) is 59.3 Å². The van der Waals surface area contributed by atoms with Gasteiger partial charge in [-0.05, 0) is 44.2 Å². The van der Waals surface area contributed by atoms with E-state index in [2.05, 4.69) is 26.2 Å². The number of aromatic nitrogens is 2. The second kappa shape index (κ2) is 7.31. The average Bonchev–Trinajstić information content (AvgIpc) is 3.07. The molecule has 2 heterocycles. The van der Waals surface area contributed by atoms with E-state index in [0.717, 1.165) is 15.7 Å². The van der Waals surface area contributed by atoms with Crippen molar-refractivity contribution in [3.8, 4) is 5.69 Å². The van der Waals surface area contributed by atoms with E-state index in [1.807, 2.05) is 36.6 Å². The van der Waals surface area contributed by atoms with Gasteiger partial charge in [0.1, 0.15) is 12.1 Å². The Kier molecular flexibility index (Phi) is 4.85. The van der Waals surface area contributed by atoms with E-state index >= 15 is 0 Å². The highest BCUT2D eigenvalue weighted by Crippen LogP contribution is 2.34. The molecule has 1 aliphatic heterocycles. The lowest BCUT2D eigenvalue weighted by Gasteiger charge is -2.12. The molecule has 0 unspecified atom stereocenters. The summed E-state index contributed by atoms with van der Waals surface area (Å²) in [6.45, 7) is 4.25. The summed E-state index contributed by atoms with van der Waals surface area (Å²) in [4.78, 5) is 21.7. The summed E-state index contributed by atoms with van der Waals surface area (Å²) in [5.41, 5.74) is 3.56. The van der Waals surface area contributed by atoms with Crippen LogP contribution in [0.1, 0.15) is 47.2 Å². The Morgan fingerprint density at radius 1 is 1.25 bits per heavy atom. The monoisotopic (exact) mass is 440 g/mol. The molecule has 1 atom stereocenters. The van der Waals surface area contributed by atoms with Crippen molar-refractivity contribution in [3.05, 3.63) is 81.6 Å². The SMILES string of the molecule is CCNC(=O)c1ncn2c1[C@@H](C)N=C(c1ccccc1F)c1cc(Br)ccc1-2. The van der Waals surface area contributed by atoms with Crippen molar-refractivity contribution in [3.63, 3.8) is 0 Å². The number of benzene rings is 2. The van der Waals surface area contributed by atoms with Gasteiger partial charge >= 0.3 is 0 Å². The van der Waals surface area contributed by atoms with E-state index in [1.165, 1.54) is 6.07 Å². The Labute approximate surface area is 170 Å². The van der Waals surface area contributed by atoms with E-state index in [0.29, 0.717) is 29.2 Å². The van der Waals surface area contributed by atoms with Crippen LogP contribution in [0, 0.1) is 5.82 Å². The molecule has 28 heavy (non-hydrogen) atoms. The number of rotatable bonds is 3. The predicted molar refractivity (Wildman–Crippen MR) is 110 cm³/mol. The highest BCUT2D eigenvalue weighted by Gasteiger charge is 2.29. The molecule has 4 rings (SSSR count). The van der Waals surface area contributed by atoms with Crippen LogP contribution in [-0.4, -0.2) is 27.7 Å². The second-order valence-corrected chi connectivity index (χ2v) is 7.42. The molecule has 0 aliphatic carbocycles. The van der Waals surface area contributed by atoms with Crippen LogP contribution in [0.2, 0.25) is 0 Å². The molecular formula is C21H18BrFN4O. The van der Waals surface area contributed by atoms with E-state index in [9.17, 15) is 9.18 Å². The van der Waals surface area contributed by atoms with Gasteiger partial charge in [-0.15, -0.1) is 0 Å². The fraction of sp³-hybridized carbons (Fsp3) is 0.190. The van der Waals surface area contributed by atoms with E-state index < -0.39 is 0 Å². The molecule has 2 aromatic carbocycles. The minimum Gasteiger partial charge on any atom is -0.351 e. The lowest BCUT2D eigenvalue weighted by atomic mass is 10.00. The molecule has 3 aromatic rings. The Balaban J connectivity index is 2.00. The summed E-state index contributed by atoms with van der Waals surface area (Å²) in [5, 5.41) is 2.79. The molecule has 0 saturated heterocycles. The van der Waals surface area contributed by atoms with Gasteiger partial charge in [-0.25, -0.2) is 9.37 Å². The molecular weight excluding hydrogens is 423 g/mol. The molecule has 7 heteroatoms. The number of fused-ring (bicyclic) bond motifs is 3. The second-order valence-electron chi connectivity index (χ2n) is 6.50. The summed E-state index contributed by atoms with van der Waals surface area (Å²) in [6.07, 6.45) is 1.63. The average molecular weight is 441 g/mol. The van der Waals surface area contributed by atoms with Gasteiger partial charge in [0.15, 0.2) is 5.69 Å². The number of carbonyl (C=O) groups excluding carboxylic acids is 1. The third kappa shape index (κ3) is 3.05. The fourth-order valence-electron chi connectivity index (χ4n) is 3.47. The van der Waals surface area contributed by atoms with Gasteiger partial charge in [0.05, 0.1) is 23.1 Å². The van der Waals surface area contributed by atoms with E-state index in [-0.39, 0.29) is 17.8 Å². The van der Waals surface area contributed by atoms with Crippen molar-refractivity contribution in [2.24, 2.45) is 4.99 Å². The number of imidazole rings is 1. The van der Waals surface area contributed by atoms with Crippen molar-refractivity contribution in [1.82, 2.24) is 14.9 Å². The van der Waals surface area contributed by atoms with Crippen molar-refractivity contribution in [2.75, 3.05) is 6.54 Å². The Morgan fingerprint density at radius 2 is 2.04 bits per heavy atom. The molecule has 142 valence electrons. The normalized spacial score (nSPS) is 15.3. The summed E-state index contributed by atoms with van der Waals surface area (Å²) in [5.74, 6) is -0.584. The highest BCUT2D eigenvalue weighted by atomic mass is 79.9. The third-order valence-electron chi connectivity index (χ3n) is 4.68. The first-order chi connectivity index (χ1) is 13.5. The van der Waals surface area contributed by atoms with Crippen molar-refractivity contribution in [2.45, 2.75) is 19.9 Å². The first-order valence-electron chi connectivity index (χ1n) is 8.99. The van der Waals surface area contributed by atoms with Crippen LogP contribution >= 0.6 is 15.9 Å². The number of hydrogen-bond acceptors (Lipinski definition) is 3. The molecule has 1 amide bonds. The first kappa shape index (κ1) is 18.6. The third-order valence-corrected chi connectivity index (χ3v) is 5.17. The fourth-order valence-corrected chi connectivity index (χ4v) is 3.83. The minimum atomic E-state index is -0.388. The smallest absolute Gasteiger partial charge is 0.271 e. The van der Waals surface area contributed by atoms with Gasteiger partial charge in [-0.1, -0.05) is 28.1 Å². The van der Waals surface area contributed by atoms with Crippen molar-refractivity contribution in [1.29, 1.82) is 0 Å². The van der Waals surface area contributed by atoms with Crippen LogP contribution in [0.15, 0.2) is 58.3 Å². The lowest BCUT2D eigenvalue weighted by Crippen LogP contribution is -2.24. The van der Waals surface area contributed by atoms with Gasteiger partial charge in [0, 0.05) is 22.1 Å². The molecule has 1 N–H and O–H groups in total. The zero-order valence-electron chi connectivity index (χ0n) is 15.4. The molecule has 0 saturated carbocycles. The Hall–Kier alpha value is -2.80. The van der Waals surface area contributed by atoms with Crippen molar-refractivity contribution < 1.29 is 9.18 Å². The standard InChI is InChI=1S/C21H18BrFN4O/c1-3-24-21(28)19-20-12(2)26-18(14-6-4-5-7-16(14)23)15-10-13(22)8-9-17(15)27(20)11-25-19/h4-12H,3H2,1-2H3,(H,24,28)/t12-/m1/s1. The maximum absolute atomic E-state index is 14.6. The summed E-state index contributed by atoms with van der Waals surface area (Å²) >= 11 is 3.50. The number of amides is 1. The quantitative estimate of drug-likeness (QED) is 0.654. The minimum absolute atomic E-state index is 0.244. The summed E-state index contributed by atoms with van der Waals surface area (Å²) < 4.78 is 17.3. The Morgan fingerprint density at radius 3 is 2.79 bits per heavy atom. The molecule has 0 spiro atoms. The number of nitrogens with one attached hydrogen (secondary N) is 1. The van der Waals surface area contributed by atoms with E-state index in [1.54, 1.807) is 24.5 Å². The molecule has 0 bridgehead atoms. The van der Waals surface area contributed by atoms with Gasteiger partial charge in [-0.3, -0.25) is 14.4 Å². The van der Waals surface area contributed by atoms with Gasteiger partial charge < -0.3 is 5.32 Å². The van der Waals surface area contributed by atoms with E-state index in [4.69, 9.17) is 4.99 Å². The molecule has 1 aliphatic rings. The largest absolute Gasteiger partial charge is 0.351 e. The number of carbonyl (C=O) groups is 1. The Bertz CT molecular complexity index is 1110. The zero-order chi connectivity index (χ0) is 19.8. The summed E-state index contributed by atoms with van der Waals surface area (Å²) in [6, 6.07) is 11.9. The number of halogens is 2.